The van der Waals surface area contributed by atoms with Gasteiger partial charge in [0.15, 0.2) is 16.6 Å². The summed E-state index contributed by atoms with van der Waals surface area (Å²) in [6.07, 6.45) is 14.9. The highest BCUT2D eigenvalue weighted by Crippen LogP contribution is 2.51. The first kappa shape index (κ1) is 76.2. The lowest BCUT2D eigenvalue weighted by atomic mass is 9.61. The van der Waals surface area contributed by atoms with Crippen LogP contribution in [0.15, 0.2) is 19.4 Å². The van der Waals surface area contributed by atoms with Crippen molar-refractivity contribution in [1.82, 2.24) is 13.7 Å². The van der Waals surface area contributed by atoms with Crippen LogP contribution in [0.3, 0.4) is 0 Å². The minimum Gasteiger partial charge on any atom is -0.463 e. The molecule has 0 radical (unpaired) electrons. The van der Waals surface area contributed by atoms with Crippen molar-refractivity contribution in [1.29, 1.82) is 0 Å². The zero-order valence-corrected chi connectivity index (χ0v) is 58.9. The molecule has 472 valence electrons. The van der Waals surface area contributed by atoms with E-state index in [1.807, 2.05) is 0 Å². The molecule has 3 saturated carbocycles. The number of ether oxygens (including phenoxy) is 4. The summed E-state index contributed by atoms with van der Waals surface area (Å²) >= 11 is 0. The third-order valence-electron chi connectivity index (χ3n) is 15.9. The van der Waals surface area contributed by atoms with E-state index in [1.54, 1.807) is 21.0 Å². The Morgan fingerprint density at radius 2 is 0.864 bits per heavy atom. The molecule has 0 spiro atoms. The van der Waals surface area contributed by atoms with E-state index < -0.39 is 42.3 Å². The van der Waals surface area contributed by atoms with E-state index in [9.17, 15) is 24.0 Å². The predicted molar refractivity (Wildman–Crippen MR) is 337 cm³/mol. The van der Waals surface area contributed by atoms with E-state index in [-0.39, 0.29) is 44.4 Å². The minimum atomic E-state index is -2.10. The standard InChI is InChI=1S/C36H63N3O3.C18H42O5Si3.C6H12O3.C2H3NO/c1-25-13-31(4,5)19-34(10,16-25)22-37-28(40)38(23-35(11)17-26(2)14-32(6,7)20-35)30(42)39(29(37)41)24-36(12)18-27(3)15-33(8,9)21-36;1-9-11-16-24(3,4)22-26(7,8)23-25(5,6)17-12-13-20-14-15-21-18(19)10-2;1-3-6(7)9-5-4-8-2;1-3-2-4/h25-27H,13-24H2,1-12H3;9-17H2,1-8H3;3-5H2,1-2H3;1H3. The number of esters is 2. The van der Waals surface area contributed by atoms with Gasteiger partial charge in [0, 0.05) is 53.2 Å². The third kappa shape index (κ3) is 29.2. The molecule has 0 aliphatic heterocycles. The van der Waals surface area contributed by atoms with Crippen LogP contribution in [0.4, 0.5) is 0 Å². The lowest BCUT2D eigenvalue weighted by Gasteiger charge is -2.47. The molecule has 81 heavy (non-hydrogen) atoms. The highest BCUT2D eigenvalue weighted by atomic mass is 28.5. The van der Waals surface area contributed by atoms with Gasteiger partial charge in [-0.25, -0.2) is 37.9 Å². The van der Waals surface area contributed by atoms with Crippen molar-refractivity contribution in [3.63, 3.8) is 0 Å². The molecule has 4 rings (SSSR count). The van der Waals surface area contributed by atoms with Crippen molar-refractivity contribution in [3.8, 4) is 0 Å². The van der Waals surface area contributed by atoms with Crippen molar-refractivity contribution in [2.75, 3.05) is 47.2 Å². The smallest absolute Gasteiger partial charge is 0.336 e. The second kappa shape index (κ2) is 33.2. The van der Waals surface area contributed by atoms with Crippen LogP contribution in [0.2, 0.25) is 51.4 Å². The monoisotopic (exact) mass is 1200 g/mol. The number of rotatable bonds is 25. The Hall–Kier alpha value is -2.78. The fourth-order valence-electron chi connectivity index (χ4n) is 15.5. The summed E-state index contributed by atoms with van der Waals surface area (Å²) in [4.78, 5) is 76.2. The van der Waals surface area contributed by atoms with Crippen molar-refractivity contribution < 1.29 is 41.6 Å². The number of isocyanates is 1. The third-order valence-corrected chi connectivity index (χ3v) is 27.4. The summed E-state index contributed by atoms with van der Waals surface area (Å²) in [7, 11) is -2.55. The summed E-state index contributed by atoms with van der Waals surface area (Å²) in [5.41, 5.74) is -1.30. The Morgan fingerprint density at radius 3 is 1.15 bits per heavy atom. The van der Waals surface area contributed by atoms with Gasteiger partial charge in [-0.1, -0.05) is 117 Å². The van der Waals surface area contributed by atoms with Crippen molar-refractivity contribution >= 4 is 43.2 Å². The molecule has 0 N–H and O–H groups in total. The average molecular weight is 1200 g/mol. The summed E-state index contributed by atoms with van der Waals surface area (Å²) < 4.78 is 37.4. The van der Waals surface area contributed by atoms with Gasteiger partial charge in [-0.15, -0.1) is 0 Å². The van der Waals surface area contributed by atoms with Crippen LogP contribution in [-0.4, -0.2) is 104 Å². The Balaban J connectivity index is 0.000000712. The normalized spacial score (nSPS) is 25.0. The quantitative estimate of drug-likeness (QED) is 0.0297. The van der Waals surface area contributed by atoms with Gasteiger partial charge < -0.3 is 27.2 Å². The SMILES string of the molecule is CC1CC(C)(C)CC(C)(Cn2c(=O)n(CC3(C)CC(C)CC(C)(C)C3)c(=O)n(CC3(C)CC(C)CC(C)(C)C3)c2=O)C1.CCC(=O)OCCOC.CCCC[Si](C)(C)O[Si](C)(C)O[Si](C)(C)CCCOCCOC(=O)CC.CN=C=O. The van der Waals surface area contributed by atoms with Crippen LogP contribution < -0.4 is 17.1 Å². The molecule has 6 atom stereocenters. The molecule has 3 fully saturated rings. The van der Waals surface area contributed by atoms with E-state index >= 15 is 0 Å². The zero-order chi connectivity index (χ0) is 62.5. The number of hydrogen-bond acceptors (Lipinski definition) is 13. The van der Waals surface area contributed by atoms with Crippen LogP contribution in [0.5, 0.6) is 0 Å². The number of carbonyl (C=O) groups excluding carboxylic acids is 3. The van der Waals surface area contributed by atoms with Gasteiger partial charge in [-0.3, -0.25) is 9.59 Å². The van der Waals surface area contributed by atoms with E-state index in [1.165, 1.54) is 45.7 Å². The van der Waals surface area contributed by atoms with Crippen LogP contribution in [0.25, 0.3) is 0 Å². The van der Waals surface area contributed by atoms with Gasteiger partial charge in [0.25, 0.3) is 0 Å². The van der Waals surface area contributed by atoms with E-state index in [0.29, 0.717) is 83.3 Å². The molecule has 1 aromatic heterocycles. The van der Waals surface area contributed by atoms with Gasteiger partial charge in [-0.05, 0) is 166 Å². The van der Waals surface area contributed by atoms with Gasteiger partial charge in [0.2, 0.25) is 6.08 Å². The number of hydrogen-bond donors (Lipinski definition) is 0. The highest BCUT2D eigenvalue weighted by molar-refractivity contribution is 6.87. The van der Waals surface area contributed by atoms with E-state index in [4.69, 9.17) is 22.5 Å². The summed E-state index contributed by atoms with van der Waals surface area (Å²) in [5, 5.41) is 0. The van der Waals surface area contributed by atoms with Crippen LogP contribution in [0.1, 0.15) is 194 Å². The van der Waals surface area contributed by atoms with Crippen LogP contribution in [0, 0.1) is 50.2 Å². The Morgan fingerprint density at radius 1 is 0.543 bits per heavy atom. The molecule has 19 heteroatoms. The van der Waals surface area contributed by atoms with Gasteiger partial charge in [0.05, 0.1) is 13.2 Å². The number of nitrogens with zero attached hydrogens (tertiary/aromatic N) is 4. The predicted octanol–water partition coefficient (Wildman–Crippen LogP) is 13.6. The maximum absolute atomic E-state index is 14.3. The fraction of sp³-hybridized carbons (Fsp3) is 0.903. The van der Waals surface area contributed by atoms with Gasteiger partial charge >= 0.3 is 37.6 Å². The van der Waals surface area contributed by atoms with Crippen molar-refractivity contribution in [3.05, 3.63) is 31.5 Å². The Bertz CT molecular complexity index is 2130. The largest absolute Gasteiger partial charge is 0.463 e. The topological polar surface area (TPSA) is 185 Å². The molecule has 0 saturated heterocycles. The Kier molecular flexibility index (Phi) is 31.3. The van der Waals surface area contributed by atoms with E-state index in [0.717, 1.165) is 70.3 Å². The highest BCUT2D eigenvalue weighted by Gasteiger charge is 2.45. The number of aliphatic imine (C=N–C) groups is 1. The molecule has 3 aliphatic carbocycles. The number of carbonyl (C=O) groups is 2. The summed E-state index contributed by atoms with van der Waals surface area (Å²) in [6.45, 7) is 50.3. The molecule has 0 bridgehead atoms. The number of unbranched alkanes of at least 4 members (excludes halogenated alkanes) is 1. The van der Waals surface area contributed by atoms with Crippen molar-refractivity contribution in [2.24, 2.45) is 55.2 Å². The Labute approximate surface area is 494 Å². The molecule has 16 nitrogen and oxygen atoms in total. The van der Waals surface area contributed by atoms with Crippen molar-refractivity contribution in [2.45, 2.75) is 265 Å². The second-order valence-electron chi connectivity index (χ2n) is 30.0. The zero-order valence-electron chi connectivity index (χ0n) is 55.9. The lowest BCUT2D eigenvalue weighted by molar-refractivity contribution is -0.145. The number of aromatic nitrogens is 3. The first-order chi connectivity index (χ1) is 37.1. The fourth-order valence-corrected chi connectivity index (χ4v) is 29.7. The molecule has 0 aromatic carbocycles. The van der Waals surface area contributed by atoms with Gasteiger partial charge in [-0.2, -0.15) is 0 Å². The average Bonchev–Trinajstić information content (AvgIpc) is 3.29. The molecular weight excluding hydrogens is 1080 g/mol. The molecule has 1 aromatic rings. The van der Waals surface area contributed by atoms with Crippen LogP contribution in [-0.2, 0) is 61.2 Å². The summed E-state index contributed by atoms with van der Waals surface area (Å²) in [6, 6.07) is 2.26. The maximum atomic E-state index is 14.3. The first-order valence-corrected chi connectivity index (χ1v) is 39.8. The molecular formula is C62H120N4O12Si3. The molecule has 1 heterocycles. The molecule has 0 amide bonds. The lowest BCUT2D eigenvalue weighted by Crippen LogP contribution is -2.59. The first-order valence-electron chi connectivity index (χ1n) is 30.8. The van der Waals surface area contributed by atoms with Crippen LogP contribution >= 0.6 is 0 Å². The van der Waals surface area contributed by atoms with E-state index in [2.05, 4.69) is 144 Å². The summed E-state index contributed by atoms with van der Waals surface area (Å²) in [5.74, 6) is 1.23. The molecule has 3 aliphatic rings. The minimum absolute atomic E-state index is 0.151. The maximum Gasteiger partial charge on any atom is 0.336 e. The van der Waals surface area contributed by atoms with Gasteiger partial charge in [0.1, 0.15) is 13.2 Å². The second-order valence-corrected chi connectivity index (χ2v) is 42.5. The number of methoxy groups -OCH3 is 1. The molecule has 6 unspecified atom stereocenters.